The van der Waals surface area contributed by atoms with Crippen molar-refractivity contribution in [3.63, 3.8) is 0 Å². The van der Waals surface area contributed by atoms with Gasteiger partial charge < -0.3 is 97.2 Å². The Balaban J connectivity index is 1.53. The van der Waals surface area contributed by atoms with E-state index in [-0.39, 0.29) is 95.1 Å². The largest absolute Gasteiger partial charge is 0.480 e. The average Bonchev–Trinajstić information content (AvgIpc) is 1.77. The van der Waals surface area contributed by atoms with E-state index in [0.717, 1.165) is 0 Å². The number of amides is 12. The molecule has 1 fully saturated rings. The van der Waals surface area contributed by atoms with Crippen molar-refractivity contribution in [1.82, 2.24) is 63.4 Å². The summed E-state index contributed by atoms with van der Waals surface area (Å²) < 4.78 is 0. The van der Waals surface area contributed by atoms with Crippen molar-refractivity contribution < 1.29 is 67.4 Å². The fourth-order valence-corrected chi connectivity index (χ4v) is 13.4. The van der Waals surface area contributed by atoms with Gasteiger partial charge in [-0.25, -0.2) is 4.79 Å². The predicted octanol–water partition coefficient (Wildman–Crippen LogP) is 1.78. The summed E-state index contributed by atoms with van der Waals surface area (Å²) in [7, 11) is 0. The maximum Gasteiger partial charge on any atom is 0.326 e. The number of carboxylic acids is 1. The minimum atomic E-state index is -1.35. The lowest BCUT2D eigenvalue weighted by Gasteiger charge is -2.31. The van der Waals surface area contributed by atoms with Crippen LogP contribution in [-0.4, -0.2) is 198 Å². The summed E-state index contributed by atoms with van der Waals surface area (Å²) in [6, 6.07) is 10.6. The van der Waals surface area contributed by atoms with Gasteiger partial charge in [-0.15, -0.1) is 0 Å². The molecule has 0 aromatic heterocycles. The molecule has 628 valence electrons. The molecule has 3 aromatic rings. The van der Waals surface area contributed by atoms with Gasteiger partial charge in [-0.2, -0.15) is 0 Å². The van der Waals surface area contributed by atoms with E-state index in [1.807, 2.05) is 41.5 Å². The van der Waals surface area contributed by atoms with Crippen LogP contribution in [0.15, 0.2) is 91.0 Å². The Kier molecular flexibility index (Phi) is 43.6. The van der Waals surface area contributed by atoms with Crippen molar-refractivity contribution in [2.45, 2.75) is 269 Å². The second-order valence-electron chi connectivity index (χ2n) is 31.2. The Labute approximate surface area is 666 Å². The first-order valence-corrected chi connectivity index (χ1v) is 40.4. The van der Waals surface area contributed by atoms with Gasteiger partial charge in [0, 0.05) is 25.8 Å². The number of nitrogens with two attached hydrogens (primary N) is 5. The molecule has 1 heterocycles. The van der Waals surface area contributed by atoms with Gasteiger partial charge in [0.1, 0.15) is 72.5 Å². The molecule has 1 saturated heterocycles. The zero-order chi connectivity index (χ0) is 83.7. The zero-order valence-electron chi connectivity index (χ0n) is 67.7. The molecule has 12 amide bonds. The molecule has 113 heavy (non-hydrogen) atoms. The van der Waals surface area contributed by atoms with Gasteiger partial charge in [0.05, 0.1) is 6.04 Å². The molecular weight excluding hydrogens is 1450 g/mol. The second kappa shape index (κ2) is 51.3. The first kappa shape index (κ1) is 95.9. The summed E-state index contributed by atoms with van der Waals surface area (Å²) in [4.78, 5) is 187. The monoisotopic (exact) mass is 1580 g/mol. The number of rotatable bonds is 53. The normalized spacial score (nSPS) is 15.9. The van der Waals surface area contributed by atoms with Gasteiger partial charge in [0.25, 0.3) is 0 Å². The van der Waals surface area contributed by atoms with Gasteiger partial charge in [0.2, 0.25) is 70.9 Å². The van der Waals surface area contributed by atoms with E-state index in [1.54, 1.807) is 105 Å². The third-order valence-electron chi connectivity index (χ3n) is 19.6. The molecule has 4 rings (SSSR count). The maximum absolute atomic E-state index is 14.8. The SMILES string of the molecule is CC(C)C[C@H](NC(=O)[C@H](CC(C)C)NC(=O)[C@H](CCCCN)NC(=O)[C@H](CCCCN)NC(=O)[C@H](CCCCN)NC(=O)[C@@H](N)CCCCN)C(=O)N[C@@H](C)C(=O)N1CCC[C@H]1C(=O)N[C@@H](Cc1ccccc1)C(=O)N[C@@H](CC(C)C)C(=O)N[C@H](C(=O)N[C@@H](Cc1ccccc1)C(=O)N[C@@H](Cc1ccccc1)C(=O)O)C(C)C. The van der Waals surface area contributed by atoms with Gasteiger partial charge >= 0.3 is 5.97 Å². The standard InChI is InChI=1S/C82H131N17O14/c1-50(2)44-62(93-75(105)63(45-51(3)4)92-73(103)61(37-22-26-42-86)91-72(102)60(36-21-25-41-85)90-71(101)59(35-20-24-40-84)89-70(100)58(87)34-19-23-39-83)74(104)88-54(9)81(111)99-43-27-38-68(99)79(109)95-65(47-55-28-13-10-14-29-55)76(106)94-64(46-52(5)6)78(108)98-69(53(7)8)80(110)96-66(48-56-30-15-11-16-31-56)77(107)97-67(82(112)113)49-57-32-17-12-18-33-57/h10-18,28-33,50-54,58-69H,19-27,34-49,83-87H2,1-9H3,(H,88,104)(H,89,100)(H,90,101)(H,91,102)(H,92,103)(H,93,105)(H,94,106)(H,95,109)(H,96,110)(H,97,107)(H,98,108)(H,112,113)/t54-,58-,59-,60-,61-,62-,63-,64-,65-,66-,67-,68-,69-/m0/s1. The first-order valence-electron chi connectivity index (χ1n) is 40.4. The van der Waals surface area contributed by atoms with E-state index >= 15 is 0 Å². The summed E-state index contributed by atoms with van der Waals surface area (Å²) in [6.07, 6.45) is 5.56. The van der Waals surface area contributed by atoms with Crippen LogP contribution in [-0.2, 0) is 81.6 Å². The quantitative estimate of drug-likeness (QED) is 0.0358. The van der Waals surface area contributed by atoms with E-state index in [9.17, 15) is 67.4 Å². The van der Waals surface area contributed by atoms with Crippen LogP contribution in [0.25, 0.3) is 0 Å². The van der Waals surface area contributed by atoms with Crippen LogP contribution >= 0.6 is 0 Å². The molecule has 0 saturated carbocycles. The van der Waals surface area contributed by atoms with Crippen LogP contribution in [0.1, 0.15) is 188 Å². The van der Waals surface area contributed by atoms with E-state index in [2.05, 4.69) is 58.5 Å². The number of hydrogen-bond donors (Lipinski definition) is 17. The maximum atomic E-state index is 14.8. The van der Waals surface area contributed by atoms with Crippen LogP contribution in [0.5, 0.6) is 0 Å². The zero-order valence-corrected chi connectivity index (χ0v) is 67.7. The summed E-state index contributed by atoms with van der Waals surface area (Å²) in [6.45, 7) is 17.3. The van der Waals surface area contributed by atoms with Crippen molar-refractivity contribution in [3.05, 3.63) is 108 Å². The molecule has 13 atom stereocenters. The third-order valence-corrected chi connectivity index (χ3v) is 19.6. The van der Waals surface area contributed by atoms with Crippen LogP contribution in [0, 0.1) is 23.7 Å². The molecule has 1 aliphatic rings. The average molecular weight is 1580 g/mol. The molecular formula is C82H131N17O14. The molecule has 31 heteroatoms. The molecule has 22 N–H and O–H groups in total. The Hall–Kier alpha value is -9.43. The van der Waals surface area contributed by atoms with Gasteiger partial charge in [-0.05, 0) is 176 Å². The van der Waals surface area contributed by atoms with Crippen LogP contribution in [0.3, 0.4) is 0 Å². The lowest BCUT2D eigenvalue weighted by atomic mass is 9.98. The minimum Gasteiger partial charge on any atom is -0.480 e. The fraction of sp³-hybridized carbons (Fsp3) is 0.622. The highest BCUT2D eigenvalue weighted by molar-refractivity contribution is 6.00. The third kappa shape index (κ3) is 34.8. The number of nitrogens with zero attached hydrogens (tertiary/aromatic N) is 1. The Bertz CT molecular complexity index is 3480. The number of nitrogens with one attached hydrogen (secondary N) is 11. The number of carbonyl (C=O) groups excluding carboxylic acids is 12. The van der Waals surface area contributed by atoms with Crippen LogP contribution < -0.4 is 87.2 Å². The lowest BCUT2D eigenvalue weighted by Crippen LogP contribution is -2.61. The summed E-state index contributed by atoms with van der Waals surface area (Å²) in [5.41, 5.74) is 31.3. The van der Waals surface area contributed by atoms with Crippen molar-refractivity contribution in [2.75, 3.05) is 32.7 Å². The van der Waals surface area contributed by atoms with Gasteiger partial charge in [-0.3, -0.25) is 57.5 Å². The summed E-state index contributed by atoms with van der Waals surface area (Å²) >= 11 is 0. The molecule has 3 aromatic carbocycles. The van der Waals surface area contributed by atoms with E-state index in [4.69, 9.17) is 28.7 Å². The molecule has 0 bridgehead atoms. The van der Waals surface area contributed by atoms with Gasteiger partial charge in [0.15, 0.2) is 0 Å². The molecule has 0 radical (unpaired) electrons. The number of hydrogen-bond acceptors (Lipinski definition) is 18. The molecule has 1 aliphatic heterocycles. The number of aliphatic carboxylic acids is 1. The lowest BCUT2D eigenvalue weighted by molar-refractivity contribution is -0.142. The number of carbonyl (C=O) groups is 13. The highest BCUT2D eigenvalue weighted by Gasteiger charge is 2.41. The first-order chi connectivity index (χ1) is 53.8. The number of benzene rings is 3. The smallest absolute Gasteiger partial charge is 0.326 e. The minimum absolute atomic E-state index is 0.0293. The van der Waals surface area contributed by atoms with E-state index in [0.29, 0.717) is 101 Å². The van der Waals surface area contributed by atoms with Crippen molar-refractivity contribution >= 4 is 76.9 Å². The van der Waals surface area contributed by atoms with Crippen LogP contribution in [0.2, 0.25) is 0 Å². The molecule has 0 aliphatic carbocycles. The Morgan fingerprint density at radius 1 is 0.372 bits per heavy atom. The van der Waals surface area contributed by atoms with Crippen molar-refractivity contribution in [1.29, 1.82) is 0 Å². The Morgan fingerprint density at radius 3 is 1.05 bits per heavy atom. The molecule has 31 nitrogen and oxygen atoms in total. The van der Waals surface area contributed by atoms with Crippen molar-refractivity contribution in [3.8, 4) is 0 Å². The second-order valence-corrected chi connectivity index (χ2v) is 31.2. The topological polar surface area (TPSA) is 508 Å². The molecule has 0 unspecified atom stereocenters. The van der Waals surface area contributed by atoms with E-state index < -0.39 is 161 Å². The number of likely N-dealkylation sites (tertiary alicyclic amines) is 1. The molecule has 0 spiro atoms. The number of unbranched alkanes of at least 4 members (excludes halogenated alkanes) is 4. The van der Waals surface area contributed by atoms with Crippen LogP contribution in [0.4, 0.5) is 0 Å². The highest BCUT2D eigenvalue weighted by atomic mass is 16.4. The highest BCUT2D eigenvalue weighted by Crippen LogP contribution is 2.22. The predicted molar refractivity (Wildman–Crippen MR) is 433 cm³/mol. The summed E-state index contributed by atoms with van der Waals surface area (Å²) in [5, 5.41) is 40.8. The fourth-order valence-electron chi connectivity index (χ4n) is 13.4. The summed E-state index contributed by atoms with van der Waals surface area (Å²) in [5.74, 6) is -10.8. The van der Waals surface area contributed by atoms with E-state index in [1.165, 1.54) is 11.8 Å². The Morgan fingerprint density at radius 2 is 0.681 bits per heavy atom. The van der Waals surface area contributed by atoms with Crippen molar-refractivity contribution in [2.24, 2.45) is 52.3 Å². The van der Waals surface area contributed by atoms with Gasteiger partial charge in [-0.1, -0.05) is 153 Å². The number of carboxylic acid groups (broad SMARTS) is 1.